The highest BCUT2D eigenvalue weighted by Crippen LogP contribution is 2.19. The van der Waals surface area contributed by atoms with Crippen molar-refractivity contribution >= 4 is 22.7 Å². The van der Waals surface area contributed by atoms with Crippen molar-refractivity contribution in [3.05, 3.63) is 48.4 Å². The molecule has 0 fully saturated rings. The smallest absolute Gasteiger partial charge is 0.183 e. The number of nitrogens with zero attached hydrogens (tertiary/aromatic N) is 3. The summed E-state index contributed by atoms with van der Waals surface area (Å²) in [5.41, 5.74) is 2.08. The first-order valence-electron chi connectivity index (χ1n) is 5.25. The van der Waals surface area contributed by atoms with Gasteiger partial charge in [-0.15, -0.1) is 0 Å². The van der Waals surface area contributed by atoms with E-state index in [0.717, 1.165) is 22.1 Å². The van der Waals surface area contributed by atoms with E-state index >= 15 is 0 Å². The van der Waals surface area contributed by atoms with E-state index in [0.29, 0.717) is 0 Å². The van der Waals surface area contributed by atoms with Gasteiger partial charge in [0.25, 0.3) is 0 Å². The van der Waals surface area contributed by atoms with Gasteiger partial charge in [0.05, 0.1) is 11.2 Å². The zero-order valence-electron chi connectivity index (χ0n) is 9.00. The Labute approximate surface area is 102 Å². The van der Waals surface area contributed by atoms with Crippen molar-refractivity contribution in [3.8, 4) is 0 Å². The zero-order chi connectivity index (χ0) is 11.5. The number of rotatable bonds is 3. The van der Waals surface area contributed by atoms with Crippen molar-refractivity contribution in [3.63, 3.8) is 0 Å². The van der Waals surface area contributed by atoms with E-state index in [1.165, 1.54) is 11.7 Å². The van der Waals surface area contributed by atoms with E-state index in [4.69, 9.17) is 0 Å². The molecule has 0 aliphatic rings. The van der Waals surface area contributed by atoms with Crippen LogP contribution in [0.3, 0.4) is 0 Å². The van der Waals surface area contributed by atoms with Crippen molar-refractivity contribution in [2.75, 3.05) is 0 Å². The van der Waals surface area contributed by atoms with Gasteiger partial charge in [0.2, 0.25) is 0 Å². The maximum Gasteiger partial charge on any atom is 0.183 e. The Kier molecular flexibility index (Phi) is 2.75. The standard InChI is InChI=1S/C12H10N4S/c1-2-4-11-9(3-1)5-6-10(15-11)7-17-12-13-8-14-16-12/h1-6,8H,7H2,(H,13,14,16). The minimum Gasteiger partial charge on any atom is -0.254 e. The van der Waals surface area contributed by atoms with Gasteiger partial charge in [0.15, 0.2) is 5.16 Å². The molecule has 0 amide bonds. The fraction of sp³-hybridized carbons (Fsp3) is 0.0833. The van der Waals surface area contributed by atoms with Gasteiger partial charge in [-0.2, -0.15) is 5.10 Å². The van der Waals surface area contributed by atoms with Gasteiger partial charge in [0.1, 0.15) is 6.33 Å². The predicted octanol–water partition coefficient (Wildman–Crippen LogP) is 2.65. The van der Waals surface area contributed by atoms with E-state index < -0.39 is 0 Å². The van der Waals surface area contributed by atoms with E-state index in [1.54, 1.807) is 11.8 Å². The fourth-order valence-corrected chi connectivity index (χ4v) is 2.28. The van der Waals surface area contributed by atoms with Gasteiger partial charge in [-0.1, -0.05) is 36.0 Å². The van der Waals surface area contributed by atoms with E-state index in [2.05, 4.69) is 32.3 Å². The number of benzene rings is 1. The van der Waals surface area contributed by atoms with Crippen molar-refractivity contribution in [2.45, 2.75) is 10.9 Å². The molecule has 5 heteroatoms. The average molecular weight is 242 g/mol. The lowest BCUT2D eigenvalue weighted by atomic mass is 10.2. The quantitative estimate of drug-likeness (QED) is 0.717. The van der Waals surface area contributed by atoms with Gasteiger partial charge in [-0.3, -0.25) is 10.1 Å². The first kappa shape index (κ1) is 10.3. The summed E-state index contributed by atoms with van der Waals surface area (Å²) in [7, 11) is 0. The zero-order valence-corrected chi connectivity index (χ0v) is 9.81. The summed E-state index contributed by atoms with van der Waals surface area (Å²) in [6.45, 7) is 0. The van der Waals surface area contributed by atoms with Crippen LogP contribution in [0.1, 0.15) is 5.69 Å². The maximum absolute atomic E-state index is 4.59. The molecular weight excluding hydrogens is 232 g/mol. The summed E-state index contributed by atoms with van der Waals surface area (Å²) >= 11 is 1.60. The lowest BCUT2D eigenvalue weighted by Crippen LogP contribution is -1.88. The normalized spacial score (nSPS) is 10.8. The highest BCUT2D eigenvalue weighted by atomic mass is 32.2. The number of nitrogens with one attached hydrogen (secondary N) is 1. The molecule has 3 aromatic rings. The molecular formula is C12H10N4S. The lowest BCUT2D eigenvalue weighted by Gasteiger charge is -2.01. The third-order valence-electron chi connectivity index (χ3n) is 2.41. The van der Waals surface area contributed by atoms with E-state index in [9.17, 15) is 0 Å². The lowest BCUT2D eigenvalue weighted by molar-refractivity contribution is 0.971. The summed E-state index contributed by atoms with van der Waals surface area (Å²) in [5.74, 6) is 0.792. The second-order valence-corrected chi connectivity index (χ2v) is 4.54. The minimum absolute atomic E-state index is 0.792. The Balaban J connectivity index is 1.81. The Morgan fingerprint density at radius 2 is 2.06 bits per heavy atom. The summed E-state index contributed by atoms with van der Waals surface area (Å²) in [6, 6.07) is 12.3. The van der Waals surface area contributed by atoms with Crippen LogP contribution in [0.5, 0.6) is 0 Å². The molecule has 0 atom stereocenters. The highest BCUT2D eigenvalue weighted by Gasteiger charge is 2.01. The largest absolute Gasteiger partial charge is 0.254 e. The van der Waals surface area contributed by atoms with Crippen LogP contribution in [0.2, 0.25) is 0 Å². The molecule has 0 spiro atoms. The average Bonchev–Trinajstić information content (AvgIpc) is 2.89. The van der Waals surface area contributed by atoms with Crippen LogP contribution in [0, 0.1) is 0 Å². The van der Waals surface area contributed by atoms with Gasteiger partial charge in [0, 0.05) is 11.1 Å². The second kappa shape index (κ2) is 4.55. The number of hydrogen-bond acceptors (Lipinski definition) is 4. The Hall–Kier alpha value is -1.88. The molecule has 0 saturated heterocycles. The van der Waals surface area contributed by atoms with Crippen LogP contribution in [0.25, 0.3) is 10.9 Å². The molecule has 2 aromatic heterocycles. The van der Waals surface area contributed by atoms with E-state index in [-0.39, 0.29) is 0 Å². The molecule has 4 nitrogen and oxygen atoms in total. The second-order valence-electron chi connectivity index (χ2n) is 3.57. The number of para-hydroxylation sites is 1. The maximum atomic E-state index is 4.59. The third-order valence-corrected chi connectivity index (χ3v) is 3.32. The summed E-state index contributed by atoms with van der Waals surface area (Å²) < 4.78 is 0. The van der Waals surface area contributed by atoms with Crippen LogP contribution in [-0.4, -0.2) is 20.2 Å². The molecule has 0 radical (unpaired) electrons. The third kappa shape index (κ3) is 2.29. The summed E-state index contributed by atoms with van der Waals surface area (Å²) in [4.78, 5) is 8.65. The van der Waals surface area contributed by atoms with Gasteiger partial charge < -0.3 is 0 Å². The summed E-state index contributed by atoms with van der Waals surface area (Å²) in [6.07, 6.45) is 1.51. The molecule has 0 unspecified atom stereocenters. The number of thioether (sulfide) groups is 1. The topological polar surface area (TPSA) is 54.5 Å². The van der Waals surface area contributed by atoms with Crippen LogP contribution < -0.4 is 0 Å². The molecule has 0 bridgehead atoms. The monoisotopic (exact) mass is 242 g/mol. The fourth-order valence-electron chi connectivity index (χ4n) is 1.59. The number of fused-ring (bicyclic) bond motifs is 1. The molecule has 3 rings (SSSR count). The van der Waals surface area contributed by atoms with Gasteiger partial charge >= 0.3 is 0 Å². The van der Waals surface area contributed by atoms with Crippen molar-refractivity contribution in [1.82, 2.24) is 20.2 Å². The first-order valence-corrected chi connectivity index (χ1v) is 6.23. The van der Waals surface area contributed by atoms with E-state index in [1.807, 2.05) is 24.3 Å². The first-order chi connectivity index (χ1) is 8.42. The molecule has 17 heavy (non-hydrogen) atoms. The van der Waals surface area contributed by atoms with Crippen LogP contribution in [0.15, 0.2) is 47.9 Å². The van der Waals surface area contributed by atoms with Crippen molar-refractivity contribution in [1.29, 1.82) is 0 Å². The number of aromatic amines is 1. The molecule has 0 aliphatic carbocycles. The van der Waals surface area contributed by atoms with Crippen molar-refractivity contribution < 1.29 is 0 Å². The Bertz CT molecular complexity index is 621. The number of pyridine rings is 1. The Morgan fingerprint density at radius 1 is 1.12 bits per heavy atom. The molecule has 84 valence electrons. The van der Waals surface area contributed by atoms with Crippen LogP contribution in [-0.2, 0) is 5.75 Å². The van der Waals surface area contributed by atoms with Crippen LogP contribution in [0.4, 0.5) is 0 Å². The number of H-pyrrole nitrogens is 1. The highest BCUT2D eigenvalue weighted by molar-refractivity contribution is 7.98. The predicted molar refractivity (Wildman–Crippen MR) is 67.7 cm³/mol. The molecule has 0 saturated carbocycles. The van der Waals surface area contributed by atoms with Crippen LogP contribution >= 0.6 is 11.8 Å². The van der Waals surface area contributed by atoms with Crippen molar-refractivity contribution in [2.24, 2.45) is 0 Å². The SMILES string of the molecule is c1ccc2nc(CSc3ncn[nH]3)ccc2c1. The molecule has 1 aromatic carbocycles. The Morgan fingerprint density at radius 3 is 2.94 bits per heavy atom. The molecule has 0 aliphatic heterocycles. The molecule has 2 heterocycles. The van der Waals surface area contributed by atoms with Gasteiger partial charge in [-0.05, 0) is 12.1 Å². The van der Waals surface area contributed by atoms with Gasteiger partial charge in [-0.25, -0.2) is 4.98 Å². The minimum atomic E-state index is 0.792. The number of hydrogen-bond donors (Lipinski definition) is 1. The molecule has 1 N–H and O–H groups in total. The number of aromatic nitrogens is 4. The summed E-state index contributed by atoms with van der Waals surface area (Å²) in [5, 5.41) is 8.61.